The number of rotatable bonds is 3. The smallest absolute Gasteiger partial charge is 0.237 e. The van der Waals surface area contributed by atoms with Crippen molar-refractivity contribution in [3.63, 3.8) is 0 Å². The lowest BCUT2D eigenvalue weighted by atomic mass is 10.2. The van der Waals surface area contributed by atoms with Crippen LogP contribution >= 0.6 is 12.4 Å². The summed E-state index contributed by atoms with van der Waals surface area (Å²) in [6, 6.07) is 5.66. The standard InChI is InChI=1S/C12H15FN2O2.ClH/c13-9-3-1-8(2-4-9)6-15-12(17)11-5-10(16)7-14-11;/h1-4,10-11,14,16H,5-7H2,(H,15,17);1H. The zero-order chi connectivity index (χ0) is 12.3. The van der Waals surface area contributed by atoms with Crippen LogP contribution in [0.3, 0.4) is 0 Å². The van der Waals surface area contributed by atoms with Crippen LogP contribution in [0.1, 0.15) is 12.0 Å². The van der Waals surface area contributed by atoms with Crippen LogP contribution in [0, 0.1) is 5.82 Å². The van der Waals surface area contributed by atoms with Gasteiger partial charge in [0.25, 0.3) is 0 Å². The molecule has 1 heterocycles. The highest BCUT2D eigenvalue weighted by Crippen LogP contribution is 2.07. The first-order valence-electron chi connectivity index (χ1n) is 5.59. The number of β-amino-alcohol motifs (C(OH)–C–C–N with tert-alkyl or cyclic N) is 1. The molecule has 0 spiro atoms. The minimum absolute atomic E-state index is 0. The lowest BCUT2D eigenvalue weighted by molar-refractivity contribution is -0.123. The number of aliphatic hydroxyl groups excluding tert-OH is 1. The third-order valence-corrected chi connectivity index (χ3v) is 2.80. The highest BCUT2D eigenvalue weighted by molar-refractivity contribution is 5.85. The highest BCUT2D eigenvalue weighted by Gasteiger charge is 2.27. The number of amides is 1. The van der Waals surface area contributed by atoms with E-state index in [1.54, 1.807) is 12.1 Å². The van der Waals surface area contributed by atoms with Gasteiger partial charge in [-0.15, -0.1) is 12.4 Å². The average molecular weight is 275 g/mol. The first-order valence-corrected chi connectivity index (χ1v) is 5.59. The van der Waals surface area contributed by atoms with Crippen molar-refractivity contribution in [1.29, 1.82) is 0 Å². The number of halogens is 2. The molecule has 1 amide bonds. The molecule has 1 aromatic rings. The molecule has 2 atom stereocenters. The van der Waals surface area contributed by atoms with Gasteiger partial charge in [-0.1, -0.05) is 12.1 Å². The van der Waals surface area contributed by atoms with Crippen molar-refractivity contribution in [2.24, 2.45) is 0 Å². The summed E-state index contributed by atoms with van der Waals surface area (Å²) in [5.74, 6) is -0.425. The Bertz CT molecular complexity index is 400. The van der Waals surface area contributed by atoms with Crippen LogP contribution in [0.2, 0.25) is 0 Å². The molecule has 3 N–H and O–H groups in total. The second kappa shape index (κ2) is 6.68. The quantitative estimate of drug-likeness (QED) is 0.756. The van der Waals surface area contributed by atoms with Crippen molar-refractivity contribution < 1.29 is 14.3 Å². The second-order valence-corrected chi connectivity index (χ2v) is 4.19. The molecule has 2 unspecified atom stereocenters. The molecule has 18 heavy (non-hydrogen) atoms. The maximum atomic E-state index is 12.6. The van der Waals surface area contributed by atoms with E-state index in [1.165, 1.54) is 12.1 Å². The molecule has 0 bridgehead atoms. The summed E-state index contributed by atoms with van der Waals surface area (Å²) in [5, 5.41) is 15.0. The fraction of sp³-hybridized carbons (Fsp3) is 0.417. The molecule has 100 valence electrons. The van der Waals surface area contributed by atoms with Gasteiger partial charge >= 0.3 is 0 Å². The van der Waals surface area contributed by atoms with E-state index >= 15 is 0 Å². The summed E-state index contributed by atoms with van der Waals surface area (Å²) in [5.41, 5.74) is 0.846. The lowest BCUT2D eigenvalue weighted by Gasteiger charge is -2.10. The van der Waals surface area contributed by atoms with Crippen LogP contribution < -0.4 is 10.6 Å². The van der Waals surface area contributed by atoms with Gasteiger partial charge in [-0.05, 0) is 24.1 Å². The average Bonchev–Trinajstić information content (AvgIpc) is 2.75. The summed E-state index contributed by atoms with van der Waals surface area (Å²) < 4.78 is 12.6. The number of hydrogen-bond donors (Lipinski definition) is 3. The number of benzene rings is 1. The summed E-state index contributed by atoms with van der Waals surface area (Å²) >= 11 is 0. The van der Waals surface area contributed by atoms with Crippen molar-refractivity contribution in [3.8, 4) is 0 Å². The molecule has 1 aliphatic heterocycles. The first kappa shape index (κ1) is 14.9. The zero-order valence-electron chi connectivity index (χ0n) is 9.73. The molecule has 1 aliphatic rings. The van der Waals surface area contributed by atoms with E-state index < -0.39 is 6.10 Å². The van der Waals surface area contributed by atoms with Crippen LogP contribution in [0.4, 0.5) is 4.39 Å². The molecule has 1 fully saturated rings. The van der Waals surface area contributed by atoms with E-state index in [9.17, 15) is 14.3 Å². The molecule has 1 saturated heterocycles. The second-order valence-electron chi connectivity index (χ2n) is 4.19. The van der Waals surface area contributed by atoms with Gasteiger partial charge in [-0.25, -0.2) is 4.39 Å². The zero-order valence-corrected chi connectivity index (χ0v) is 10.5. The van der Waals surface area contributed by atoms with Crippen LogP contribution in [0.25, 0.3) is 0 Å². The number of aliphatic hydroxyl groups is 1. The van der Waals surface area contributed by atoms with Crippen molar-refractivity contribution in [1.82, 2.24) is 10.6 Å². The van der Waals surface area contributed by atoms with Crippen LogP contribution in [-0.2, 0) is 11.3 Å². The molecule has 0 radical (unpaired) electrons. The van der Waals surface area contributed by atoms with Crippen LogP contribution in [0.5, 0.6) is 0 Å². The fourth-order valence-corrected chi connectivity index (χ4v) is 1.83. The Kier molecular flexibility index (Phi) is 5.53. The molecule has 2 rings (SSSR count). The Balaban J connectivity index is 0.00000162. The minimum atomic E-state index is -0.448. The van der Waals surface area contributed by atoms with E-state index in [4.69, 9.17) is 0 Å². The predicted octanol–water partition coefficient (Wildman–Crippen LogP) is 0.586. The predicted molar refractivity (Wildman–Crippen MR) is 67.9 cm³/mol. The van der Waals surface area contributed by atoms with E-state index in [0.29, 0.717) is 19.5 Å². The van der Waals surface area contributed by atoms with Crippen molar-refractivity contribution in [3.05, 3.63) is 35.6 Å². The number of carbonyl (C=O) groups excluding carboxylic acids is 1. The van der Waals surface area contributed by atoms with Crippen molar-refractivity contribution >= 4 is 18.3 Å². The van der Waals surface area contributed by atoms with E-state index in [0.717, 1.165) is 5.56 Å². The molecule has 0 saturated carbocycles. The third kappa shape index (κ3) is 3.94. The van der Waals surface area contributed by atoms with Gasteiger partial charge in [0.1, 0.15) is 5.82 Å². The number of carbonyl (C=O) groups is 1. The topological polar surface area (TPSA) is 61.4 Å². The highest BCUT2D eigenvalue weighted by atomic mass is 35.5. The minimum Gasteiger partial charge on any atom is -0.392 e. The molecule has 0 aliphatic carbocycles. The summed E-state index contributed by atoms with van der Waals surface area (Å²) in [7, 11) is 0. The van der Waals surface area contributed by atoms with Crippen molar-refractivity contribution in [2.75, 3.05) is 6.54 Å². The molecule has 6 heteroatoms. The van der Waals surface area contributed by atoms with Gasteiger partial charge in [0.15, 0.2) is 0 Å². The molecule has 1 aromatic carbocycles. The van der Waals surface area contributed by atoms with E-state index in [2.05, 4.69) is 10.6 Å². The molecular formula is C12H16ClFN2O2. The van der Waals surface area contributed by atoms with Crippen molar-refractivity contribution in [2.45, 2.75) is 25.1 Å². The SMILES string of the molecule is Cl.O=C(NCc1ccc(F)cc1)C1CC(O)CN1. The van der Waals surface area contributed by atoms with E-state index in [-0.39, 0.29) is 30.2 Å². The molecular weight excluding hydrogens is 259 g/mol. The van der Waals surface area contributed by atoms with Gasteiger partial charge in [0.05, 0.1) is 12.1 Å². The van der Waals surface area contributed by atoms with Gasteiger partial charge in [0, 0.05) is 13.1 Å². The Labute approximate surface area is 111 Å². The molecule has 0 aromatic heterocycles. The maximum Gasteiger partial charge on any atom is 0.237 e. The van der Waals surface area contributed by atoms with Gasteiger partial charge in [-0.3, -0.25) is 4.79 Å². The Hall–Kier alpha value is -1.17. The third-order valence-electron chi connectivity index (χ3n) is 2.80. The fourth-order valence-electron chi connectivity index (χ4n) is 1.83. The summed E-state index contributed by atoms with van der Waals surface area (Å²) in [4.78, 5) is 11.7. The van der Waals surface area contributed by atoms with Crippen LogP contribution in [0.15, 0.2) is 24.3 Å². The maximum absolute atomic E-state index is 12.6. The Morgan fingerprint density at radius 1 is 1.44 bits per heavy atom. The van der Waals surface area contributed by atoms with E-state index in [1.807, 2.05) is 0 Å². The number of nitrogens with one attached hydrogen (secondary N) is 2. The Morgan fingerprint density at radius 2 is 2.11 bits per heavy atom. The first-order chi connectivity index (χ1) is 8.15. The largest absolute Gasteiger partial charge is 0.392 e. The monoisotopic (exact) mass is 274 g/mol. The number of hydrogen-bond acceptors (Lipinski definition) is 3. The van der Waals surface area contributed by atoms with Gasteiger partial charge in [-0.2, -0.15) is 0 Å². The lowest BCUT2D eigenvalue weighted by Crippen LogP contribution is -2.39. The summed E-state index contributed by atoms with van der Waals surface area (Å²) in [6.45, 7) is 0.821. The normalized spacial score (nSPS) is 22.3. The molecule has 4 nitrogen and oxygen atoms in total. The summed E-state index contributed by atoms with van der Waals surface area (Å²) in [6.07, 6.45) is -0.00789. The van der Waals surface area contributed by atoms with Crippen LogP contribution in [-0.4, -0.2) is 29.7 Å². The Morgan fingerprint density at radius 3 is 2.67 bits per heavy atom. The van der Waals surface area contributed by atoms with Gasteiger partial charge in [0.2, 0.25) is 5.91 Å². The van der Waals surface area contributed by atoms with Gasteiger partial charge < -0.3 is 15.7 Å².